The highest BCUT2D eigenvalue weighted by molar-refractivity contribution is 7.99. The monoisotopic (exact) mass is 724 g/mol. The van der Waals surface area contributed by atoms with E-state index in [9.17, 15) is 22.8 Å². The SMILES string of the molecule is CCOC(=O)c1ccc(NC(=O)CSc2nnc(CNC(=O)c3ccc(S(=O)(=O)N4CCOCC4)cc3)n2-c2cc(OC)ccc2OC)cc1. The quantitative estimate of drug-likeness (QED) is 0.144. The summed E-state index contributed by atoms with van der Waals surface area (Å²) in [5.74, 6) is 0.0209. The molecule has 2 heterocycles. The van der Waals surface area contributed by atoms with Crippen molar-refractivity contribution in [3.8, 4) is 17.2 Å². The summed E-state index contributed by atoms with van der Waals surface area (Å²) < 4.78 is 50.3. The Balaban J connectivity index is 1.31. The van der Waals surface area contributed by atoms with Crippen LogP contribution in [-0.4, -0.2) is 98.2 Å². The van der Waals surface area contributed by atoms with Gasteiger partial charge in [-0.3, -0.25) is 14.2 Å². The fourth-order valence-corrected chi connectivity index (χ4v) is 7.10. The maximum Gasteiger partial charge on any atom is 0.338 e. The number of carbonyl (C=O) groups excluding carboxylic acids is 3. The third-order valence-electron chi connectivity index (χ3n) is 7.47. The van der Waals surface area contributed by atoms with Gasteiger partial charge in [0.05, 0.1) is 62.5 Å². The van der Waals surface area contributed by atoms with E-state index < -0.39 is 21.9 Å². The molecule has 17 heteroatoms. The van der Waals surface area contributed by atoms with Crippen LogP contribution in [-0.2, 0) is 30.8 Å². The molecule has 0 aliphatic carbocycles. The van der Waals surface area contributed by atoms with Gasteiger partial charge in [-0.1, -0.05) is 11.8 Å². The molecule has 2 N–H and O–H groups in total. The van der Waals surface area contributed by atoms with Gasteiger partial charge in [0.15, 0.2) is 11.0 Å². The highest BCUT2D eigenvalue weighted by Crippen LogP contribution is 2.32. The maximum absolute atomic E-state index is 13.2. The third-order valence-corrected chi connectivity index (χ3v) is 10.3. The highest BCUT2D eigenvalue weighted by atomic mass is 32.2. The van der Waals surface area contributed by atoms with Gasteiger partial charge in [-0.15, -0.1) is 10.2 Å². The van der Waals surface area contributed by atoms with Crippen LogP contribution in [0, 0.1) is 0 Å². The number of thioether (sulfide) groups is 1. The van der Waals surface area contributed by atoms with Gasteiger partial charge in [0.2, 0.25) is 15.9 Å². The Morgan fingerprint density at radius 1 is 0.920 bits per heavy atom. The number of benzene rings is 3. The lowest BCUT2D eigenvalue weighted by molar-refractivity contribution is -0.113. The lowest BCUT2D eigenvalue weighted by Crippen LogP contribution is -2.40. The van der Waals surface area contributed by atoms with Gasteiger partial charge < -0.3 is 29.6 Å². The summed E-state index contributed by atoms with van der Waals surface area (Å²) in [6, 6.07) is 17.2. The molecule has 2 amide bonds. The van der Waals surface area contributed by atoms with E-state index in [2.05, 4.69) is 20.8 Å². The highest BCUT2D eigenvalue weighted by Gasteiger charge is 2.27. The first-order chi connectivity index (χ1) is 24.1. The average Bonchev–Trinajstić information content (AvgIpc) is 3.55. The van der Waals surface area contributed by atoms with E-state index in [1.54, 1.807) is 54.0 Å². The normalized spacial score (nSPS) is 13.3. The van der Waals surface area contributed by atoms with E-state index >= 15 is 0 Å². The van der Waals surface area contributed by atoms with E-state index in [0.717, 1.165) is 11.8 Å². The molecule has 1 fully saturated rings. The summed E-state index contributed by atoms with van der Waals surface area (Å²) in [4.78, 5) is 38.1. The minimum atomic E-state index is -3.71. The van der Waals surface area contributed by atoms with Gasteiger partial charge in [0.25, 0.3) is 5.91 Å². The number of hydrogen-bond donors (Lipinski definition) is 2. The van der Waals surface area contributed by atoms with Crippen LogP contribution in [0.3, 0.4) is 0 Å². The van der Waals surface area contributed by atoms with Crippen molar-refractivity contribution in [1.82, 2.24) is 24.4 Å². The van der Waals surface area contributed by atoms with E-state index in [-0.39, 0.29) is 48.4 Å². The fourth-order valence-electron chi connectivity index (χ4n) is 4.93. The second-order valence-electron chi connectivity index (χ2n) is 10.6. The van der Waals surface area contributed by atoms with Gasteiger partial charge in [-0.05, 0) is 67.6 Å². The first kappa shape index (κ1) is 36.3. The van der Waals surface area contributed by atoms with Crippen LogP contribution < -0.4 is 20.1 Å². The first-order valence-corrected chi connectivity index (χ1v) is 17.9. The molecule has 50 heavy (non-hydrogen) atoms. The van der Waals surface area contributed by atoms with Gasteiger partial charge in [-0.2, -0.15) is 4.31 Å². The predicted molar refractivity (Wildman–Crippen MR) is 183 cm³/mol. The number of amides is 2. The number of morpholine rings is 1. The Morgan fingerprint density at radius 2 is 1.62 bits per heavy atom. The Labute approximate surface area is 293 Å². The molecule has 0 radical (unpaired) electrons. The van der Waals surface area contributed by atoms with E-state index in [4.69, 9.17) is 18.9 Å². The Bertz CT molecular complexity index is 1930. The van der Waals surface area contributed by atoms with Crippen molar-refractivity contribution in [2.24, 2.45) is 0 Å². The molecule has 3 aromatic carbocycles. The number of anilines is 1. The number of esters is 1. The van der Waals surface area contributed by atoms with Crippen LogP contribution in [0.25, 0.3) is 5.69 Å². The minimum absolute atomic E-state index is 0.0455. The lowest BCUT2D eigenvalue weighted by atomic mass is 10.2. The second kappa shape index (κ2) is 16.6. The molecule has 0 atom stereocenters. The molecule has 264 valence electrons. The molecular weight excluding hydrogens is 689 g/mol. The smallest absolute Gasteiger partial charge is 0.338 e. The van der Waals surface area contributed by atoms with E-state index in [1.165, 1.54) is 42.8 Å². The molecule has 0 saturated carbocycles. The molecule has 0 unspecified atom stereocenters. The van der Waals surface area contributed by atoms with Crippen LogP contribution in [0.2, 0.25) is 0 Å². The summed E-state index contributed by atoms with van der Waals surface area (Å²) in [5.41, 5.74) is 1.62. The largest absolute Gasteiger partial charge is 0.497 e. The molecule has 1 aliphatic heterocycles. The van der Waals surface area contributed by atoms with Crippen molar-refractivity contribution in [3.63, 3.8) is 0 Å². The zero-order valence-corrected chi connectivity index (χ0v) is 29.2. The Morgan fingerprint density at radius 3 is 2.28 bits per heavy atom. The molecule has 4 aromatic rings. The molecule has 1 saturated heterocycles. The molecule has 0 bridgehead atoms. The third kappa shape index (κ3) is 8.60. The maximum atomic E-state index is 13.2. The van der Waals surface area contributed by atoms with Crippen LogP contribution in [0.15, 0.2) is 76.8 Å². The Kier molecular flexibility index (Phi) is 12.1. The van der Waals surface area contributed by atoms with Gasteiger partial charge >= 0.3 is 5.97 Å². The average molecular weight is 725 g/mol. The zero-order valence-electron chi connectivity index (χ0n) is 27.6. The standard InChI is InChI=1S/C33H36N6O9S2/c1-4-48-32(42)23-5-9-24(10-6-23)35-30(40)21-49-33-37-36-29(39(33)27-19-25(45-2)11-14-28(27)46-3)20-34-31(41)22-7-12-26(13-8-22)50(43,44)38-15-17-47-18-16-38/h5-14,19H,4,15-18,20-21H2,1-3H3,(H,34,41)(H,35,40). The Hall–Kier alpha value is -4.97. The molecule has 15 nitrogen and oxygen atoms in total. The molecular formula is C33H36N6O9S2. The summed E-state index contributed by atoms with van der Waals surface area (Å²) in [6.07, 6.45) is 0. The zero-order chi connectivity index (χ0) is 35.7. The van der Waals surface area contributed by atoms with Crippen molar-refractivity contribution in [2.75, 3.05) is 58.2 Å². The van der Waals surface area contributed by atoms with Gasteiger partial charge in [0.1, 0.15) is 11.5 Å². The number of carbonyl (C=O) groups is 3. The van der Waals surface area contributed by atoms with Gasteiger partial charge in [-0.25, -0.2) is 13.2 Å². The number of nitrogens with one attached hydrogen (secondary N) is 2. The summed E-state index contributed by atoms with van der Waals surface area (Å²) >= 11 is 1.11. The van der Waals surface area contributed by atoms with Crippen molar-refractivity contribution in [3.05, 3.63) is 83.7 Å². The summed E-state index contributed by atoms with van der Waals surface area (Å²) in [6.45, 7) is 3.09. The van der Waals surface area contributed by atoms with E-state index in [1.807, 2.05) is 0 Å². The predicted octanol–water partition coefficient (Wildman–Crippen LogP) is 3.14. The number of aromatic nitrogens is 3. The van der Waals surface area contributed by atoms with Crippen molar-refractivity contribution >= 4 is 45.3 Å². The van der Waals surface area contributed by atoms with Gasteiger partial charge in [0, 0.05) is 30.4 Å². The lowest BCUT2D eigenvalue weighted by Gasteiger charge is -2.26. The van der Waals surface area contributed by atoms with E-state index in [0.29, 0.717) is 52.6 Å². The van der Waals surface area contributed by atoms with Crippen LogP contribution in [0.4, 0.5) is 5.69 Å². The number of ether oxygens (including phenoxy) is 4. The molecule has 5 rings (SSSR count). The number of rotatable bonds is 14. The fraction of sp³-hybridized carbons (Fsp3) is 0.303. The molecule has 1 aromatic heterocycles. The summed E-state index contributed by atoms with van der Waals surface area (Å²) in [5, 5.41) is 14.5. The number of methoxy groups -OCH3 is 2. The molecule has 1 aliphatic rings. The molecule has 0 spiro atoms. The van der Waals surface area contributed by atoms with Crippen LogP contribution in [0.1, 0.15) is 33.5 Å². The second-order valence-corrected chi connectivity index (χ2v) is 13.5. The first-order valence-electron chi connectivity index (χ1n) is 15.5. The van der Waals surface area contributed by atoms with Crippen molar-refractivity contribution in [2.45, 2.75) is 23.5 Å². The van der Waals surface area contributed by atoms with Crippen LogP contribution >= 0.6 is 11.8 Å². The number of hydrogen-bond acceptors (Lipinski definition) is 12. The van der Waals surface area contributed by atoms with Crippen molar-refractivity contribution in [1.29, 1.82) is 0 Å². The van der Waals surface area contributed by atoms with Crippen molar-refractivity contribution < 1.29 is 41.7 Å². The number of sulfonamides is 1. The van der Waals surface area contributed by atoms with Crippen LogP contribution in [0.5, 0.6) is 11.5 Å². The number of nitrogens with zero attached hydrogens (tertiary/aromatic N) is 4. The minimum Gasteiger partial charge on any atom is -0.497 e. The summed E-state index contributed by atoms with van der Waals surface area (Å²) in [7, 11) is -0.681. The topological polar surface area (TPSA) is 180 Å².